The van der Waals surface area contributed by atoms with E-state index < -0.39 is 0 Å². The Morgan fingerprint density at radius 1 is 1.10 bits per heavy atom. The molecule has 116 valence electrons. The van der Waals surface area contributed by atoms with Crippen molar-refractivity contribution in [2.75, 3.05) is 39.8 Å². The van der Waals surface area contributed by atoms with Gasteiger partial charge in [-0.15, -0.1) is 0 Å². The van der Waals surface area contributed by atoms with Gasteiger partial charge in [-0.1, -0.05) is 19.3 Å². The third-order valence-electron chi connectivity index (χ3n) is 5.86. The maximum absolute atomic E-state index is 3.84. The van der Waals surface area contributed by atoms with E-state index in [1.165, 1.54) is 77.7 Å². The van der Waals surface area contributed by atoms with E-state index in [0.717, 1.165) is 12.1 Å². The minimum Gasteiger partial charge on any atom is -0.313 e. The van der Waals surface area contributed by atoms with Crippen molar-refractivity contribution in [1.82, 2.24) is 15.1 Å². The quantitative estimate of drug-likeness (QED) is 0.833. The first-order chi connectivity index (χ1) is 9.67. The second-order valence-corrected chi connectivity index (χ2v) is 7.78. The zero-order valence-electron chi connectivity index (χ0n) is 13.5. The molecule has 3 nitrogen and oxygen atoms in total. The van der Waals surface area contributed by atoms with Gasteiger partial charge in [-0.2, -0.15) is 0 Å². The minimum atomic E-state index is 0.580. The molecule has 1 aliphatic heterocycles. The molecule has 0 aromatic rings. The van der Waals surface area contributed by atoms with Crippen LogP contribution in [0.1, 0.15) is 51.9 Å². The van der Waals surface area contributed by atoms with Crippen LogP contribution in [0.2, 0.25) is 0 Å². The summed E-state index contributed by atoms with van der Waals surface area (Å²) >= 11 is 0. The number of hydrogen-bond donors (Lipinski definition) is 1. The van der Waals surface area contributed by atoms with Gasteiger partial charge in [-0.25, -0.2) is 0 Å². The van der Waals surface area contributed by atoms with Crippen LogP contribution in [0.5, 0.6) is 0 Å². The Morgan fingerprint density at radius 3 is 2.50 bits per heavy atom. The first-order valence-electron chi connectivity index (χ1n) is 8.83. The van der Waals surface area contributed by atoms with E-state index in [0.29, 0.717) is 5.41 Å². The van der Waals surface area contributed by atoms with E-state index in [2.05, 4.69) is 29.1 Å². The van der Waals surface area contributed by atoms with Crippen molar-refractivity contribution >= 4 is 0 Å². The zero-order valence-corrected chi connectivity index (χ0v) is 13.5. The number of piperazine rings is 1. The average molecular weight is 279 g/mol. The molecule has 0 aromatic carbocycles. The molecule has 1 heterocycles. The monoisotopic (exact) mass is 279 g/mol. The lowest BCUT2D eigenvalue weighted by atomic mass is 9.73. The number of nitrogens with zero attached hydrogens (tertiary/aromatic N) is 2. The fourth-order valence-electron chi connectivity index (χ4n) is 4.08. The fourth-order valence-corrected chi connectivity index (χ4v) is 4.08. The van der Waals surface area contributed by atoms with Gasteiger partial charge in [0.1, 0.15) is 0 Å². The summed E-state index contributed by atoms with van der Waals surface area (Å²) in [5.74, 6) is 0. The fraction of sp³-hybridized carbons (Fsp3) is 1.00. The van der Waals surface area contributed by atoms with Gasteiger partial charge >= 0.3 is 0 Å². The highest BCUT2D eigenvalue weighted by atomic mass is 15.3. The Hall–Kier alpha value is -0.120. The third-order valence-corrected chi connectivity index (χ3v) is 5.86. The van der Waals surface area contributed by atoms with Gasteiger partial charge in [-0.3, -0.25) is 4.90 Å². The van der Waals surface area contributed by atoms with Gasteiger partial charge in [0.15, 0.2) is 0 Å². The van der Waals surface area contributed by atoms with Crippen LogP contribution in [0, 0.1) is 5.41 Å². The molecule has 0 bridgehead atoms. The van der Waals surface area contributed by atoms with Crippen LogP contribution in [-0.2, 0) is 0 Å². The Kier molecular flexibility index (Phi) is 4.68. The van der Waals surface area contributed by atoms with Crippen molar-refractivity contribution in [2.45, 2.75) is 64.0 Å². The normalized spacial score (nSPS) is 32.4. The number of rotatable bonds is 5. The topological polar surface area (TPSA) is 18.5 Å². The Labute approximate surface area is 125 Å². The molecule has 3 heteroatoms. The van der Waals surface area contributed by atoms with E-state index >= 15 is 0 Å². The Morgan fingerprint density at radius 2 is 1.85 bits per heavy atom. The van der Waals surface area contributed by atoms with Crippen LogP contribution in [0.4, 0.5) is 0 Å². The van der Waals surface area contributed by atoms with Crippen LogP contribution in [-0.4, -0.2) is 61.7 Å². The van der Waals surface area contributed by atoms with Crippen LogP contribution in [0.25, 0.3) is 0 Å². The van der Waals surface area contributed by atoms with Crippen molar-refractivity contribution in [3.8, 4) is 0 Å². The van der Waals surface area contributed by atoms with Crippen molar-refractivity contribution in [3.05, 3.63) is 0 Å². The Balaban J connectivity index is 1.56. The molecule has 0 spiro atoms. The zero-order chi connectivity index (χ0) is 14.0. The molecular formula is C17H33N3. The van der Waals surface area contributed by atoms with Gasteiger partial charge in [0.2, 0.25) is 0 Å². The summed E-state index contributed by atoms with van der Waals surface area (Å²) in [6.07, 6.45) is 10.1. The molecule has 20 heavy (non-hydrogen) atoms. The largest absolute Gasteiger partial charge is 0.313 e. The standard InChI is InChI=1S/C17H33N3/c1-15-12-20(11-10-19(15)2)14-17(8-4-3-5-9-17)13-18-16-6-7-16/h15-16,18H,3-14H2,1-2H3. The molecule has 0 amide bonds. The maximum Gasteiger partial charge on any atom is 0.0192 e. The van der Waals surface area contributed by atoms with Crippen LogP contribution in [0.3, 0.4) is 0 Å². The predicted octanol–water partition coefficient (Wildman–Crippen LogP) is 2.32. The average Bonchev–Trinajstić information content (AvgIpc) is 3.26. The SMILES string of the molecule is CC1CN(CC2(CNC3CC3)CCCCC2)CCN1C. The number of nitrogens with one attached hydrogen (secondary N) is 1. The lowest BCUT2D eigenvalue weighted by molar-refractivity contribution is 0.0465. The summed E-state index contributed by atoms with van der Waals surface area (Å²) in [6.45, 7) is 8.77. The van der Waals surface area contributed by atoms with Crippen molar-refractivity contribution in [3.63, 3.8) is 0 Å². The molecule has 1 saturated heterocycles. The van der Waals surface area contributed by atoms with Gasteiger partial charge in [-0.05, 0) is 45.1 Å². The van der Waals surface area contributed by atoms with Crippen LogP contribution < -0.4 is 5.32 Å². The second-order valence-electron chi connectivity index (χ2n) is 7.78. The van der Waals surface area contributed by atoms with E-state index in [4.69, 9.17) is 0 Å². The van der Waals surface area contributed by atoms with Crippen LogP contribution in [0.15, 0.2) is 0 Å². The highest BCUT2D eigenvalue weighted by molar-refractivity contribution is 4.92. The highest BCUT2D eigenvalue weighted by Gasteiger charge is 2.36. The van der Waals surface area contributed by atoms with Crippen molar-refractivity contribution < 1.29 is 0 Å². The summed E-state index contributed by atoms with van der Waals surface area (Å²) < 4.78 is 0. The Bertz CT molecular complexity index is 307. The molecular weight excluding hydrogens is 246 g/mol. The summed E-state index contributed by atoms with van der Waals surface area (Å²) in [5.41, 5.74) is 0.580. The lowest BCUT2D eigenvalue weighted by Gasteiger charge is -2.45. The molecule has 2 saturated carbocycles. The van der Waals surface area contributed by atoms with E-state index in [1.54, 1.807) is 0 Å². The third kappa shape index (κ3) is 3.75. The smallest absolute Gasteiger partial charge is 0.0192 e. The molecule has 1 atom stereocenters. The molecule has 0 aromatic heterocycles. The lowest BCUT2D eigenvalue weighted by Crippen LogP contribution is -2.54. The summed E-state index contributed by atoms with van der Waals surface area (Å²) in [6, 6.07) is 1.58. The molecule has 0 radical (unpaired) electrons. The summed E-state index contributed by atoms with van der Waals surface area (Å²) in [4.78, 5) is 5.26. The van der Waals surface area contributed by atoms with Gasteiger partial charge in [0.25, 0.3) is 0 Å². The van der Waals surface area contributed by atoms with Gasteiger partial charge < -0.3 is 10.2 Å². The first kappa shape index (κ1) is 14.8. The van der Waals surface area contributed by atoms with Crippen molar-refractivity contribution in [2.24, 2.45) is 5.41 Å². The van der Waals surface area contributed by atoms with E-state index in [-0.39, 0.29) is 0 Å². The van der Waals surface area contributed by atoms with E-state index in [1.807, 2.05) is 0 Å². The molecule has 3 rings (SSSR count). The number of hydrogen-bond acceptors (Lipinski definition) is 3. The van der Waals surface area contributed by atoms with Crippen LogP contribution >= 0.6 is 0 Å². The van der Waals surface area contributed by atoms with E-state index in [9.17, 15) is 0 Å². The summed E-state index contributed by atoms with van der Waals surface area (Å²) in [7, 11) is 2.27. The predicted molar refractivity (Wildman–Crippen MR) is 85.1 cm³/mol. The highest BCUT2D eigenvalue weighted by Crippen LogP contribution is 2.37. The van der Waals surface area contributed by atoms with Gasteiger partial charge in [0, 0.05) is 44.8 Å². The molecule has 2 aliphatic carbocycles. The molecule has 1 unspecified atom stereocenters. The number of likely N-dealkylation sites (N-methyl/N-ethyl adjacent to an activating group) is 1. The summed E-state index contributed by atoms with van der Waals surface area (Å²) in [5, 5.41) is 3.84. The molecule has 3 aliphatic rings. The minimum absolute atomic E-state index is 0.580. The van der Waals surface area contributed by atoms with Gasteiger partial charge in [0.05, 0.1) is 0 Å². The maximum atomic E-state index is 3.84. The molecule has 1 N–H and O–H groups in total. The van der Waals surface area contributed by atoms with Crippen molar-refractivity contribution in [1.29, 1.82) is 0 Å². The molecule has 3 fully saturated rings. The second kappa shape index (κ2) is 6.33. The first-order valence-corrected chi connectivity index (χ1v) is 8.83.